The van der Waals surface area contributed by atoms with E-state index in [0.29, 0.717) is 65.4 Å². The van der Waals surface area contributed by atoms with Gasteiger partial charge in [0.05, 0.1) is 30.0 Å². The lowest BCUT2D eigenvalue weighted by atomic mass is 10.1. The van der Waals surface area contributed by atoms with E-state index >= 15 is 0 Å². The number of thiazole rings is 1. The molecule has 5 rings (SSSR count). The standard InChI is InChI=1S/C26H27ClN6O4S/c1-4-37-26(36)31-10-8-30(9-11-31)22(34)14-20-15-38-25-28-17(3)23(24(35)32(20)25)21-12-16(2)33(29-21)19-7-5-6-18(27)13-19/h5-7,12-13,15H,4,8-11,14H2,1-3H3. The van der Waals surface area contributed by atoms with Gasteiger partial charge in [-0.15, -0.1) is 11.3 Å². The monoisotopic (exact) mass is 554 g/mol. The fourth-order valence-corrected chi connectivity index (χ4v) is 5.72. The first kappa shape index (κ1) is 25.9. The third-order valence-electron chi connectivity index (χ3n) is 6.51. The summed E-state index contributed by atoms with van der Waals surface area (Å²) in [7, 11) is 0. The Hall–Kier alpha value is -3.70. The van der Waals surface area contributed by atoms with Crippen LogP contribution in [-0.4, -0.2) is 73.8 Å². The number of carbonyl (C=O) groups excluding carboxylic acids is 2. The summed E-state index contributed by atoms with van der Waals surface area (Å²) in [5.74, 6) is -0.108. The van der Waals surface area contributed by atoms with Crippen LogP contribution in [0.2, 0.25) is 5.02 Å². The molecule has 0 unspecified atom stereocenters. The van der Waals surface area contributed by atoms with E-state index in [1.165, 1.54) is 15.7 Å². The van der Waals surface area contributed by atoms with Crippen LogP contribution in [0.1, 0.15) is 24.0 Å². The molecule has 4 heterocycles. The van der Waals surface area contributed by atoms with Crippen LogP contribution in [0.3, 0.4) is 0 Å². The average Bonchev–Trinajstić information content (AvgIpc) is 3.47. The molecule has 4 aromatic rings. The van der Waals surface area contributed by atoms with Gasteiger partial charge in [-0.3, -0.25) is 14.0 Å². The smallest absolute Gasteiger partial charge is 0.409 e. The van der Waals surface area contributed by atoms with Crippen molar-refractivity contribution in [3.63, 3.8) is 0 Å². The van der Waals surface area contributed by atoms with E-state index in [2.05, 4.69) is 4.98 Å². The van der Waals surface area contributed by atoms with Crippen LogP contribution in [-0.2, 0) is 16.0 Å². The van der Waals surface area contributed by atoms with Crippen LogP contribution in [0.25, 0.3) is 21.9 Å². The number of ether oxygens (including phenoxy) is 1. The van der Waals surface area contributed by atoms with Crippen molar-refractivity contribution in [1.82, 2.24) is 29.0 Å². The quantitative estimate of drug-likeness (QED) is 0.372. The molecule has 0 saturated carbocycles. The maximum atomic E-state index is 13.8. The van der Waals surface area contributed by atoms with Crippen LogP contribution < -0.4 is 5.56 Å². The number of piperazine rings is 1. The Labute approximate surface area is 228 Å². The number of halogens is 1. The fraction of sp³-hybridized carbons (Fsp3) is 0.346. The molecule has 1 saturated heterocycles. The van der Waals surface area contributed by atoms with E-state index < -0.39 is 0 Å². The van der Waals surface area contributed by atoms with E-state index in [1.54, 1.807) is 39.8 Å². The van der Waals surface area contributed by atoms with Gasteiger partial charge in [-0.05, 0) is 45.0 Å². The predicted octanol–water partition coefficient (Wildman–Crippen LogP) is 3.72. The van der Waals surface area contributed by atoms with Crippen molar-refractivity contribution in [3.8, 4) is 16.9 Å². The van der Waals surface area contributed by atoms with Crippen molar-refractivity contribution < 1.29 is 14.3 Å². The maximum absolute atomic E-state index is 13.8. The third-order valence-corrected chi connectivity index (χ3v) is 7.62. The minimum Gasteiger partial charge on any atom is -0.450 e. The second-order valence-electron chi connectivity index (χ2n) is 9.03. The molecule has 1 aliphatic rings. The van der Waals surface area contributed by atoms with E-state index in [0.717, 1.165) is 11.4 Å². The van der Waals surface area contributed by atoms with Gasteiger partial charge in [-0.1, -0.05) is 17.7 Å². The van der Waals surface area contributed by atoms with Gasteiger partial charge < -0.3 is 14.5 Å². The van der Waals surface area contributed by atoms with Crippen molar-refractivity contribution >= 4 is 39.9 Å². The molecular formula is C26H27ClN6O4S. The molecule has 0 bridgehead atoms. The van der Waals surface area contributed by atoms with Crippen molar-refractivity contribution in [2.75, 3.05) is 32.8 Å². The Morgan fingerprint density at radius 2 is 1.84 bits per heavy atom. The number of hydrogen-bond donors (Lipinski definition) is 0. The fourth-order valence-electron chi connectivity index (χ4n) is 4.61. The highest BCUT2D eigenvalue weighted by Gasteiger charge is 2.26. The first-order valence-corrected chi connectivity index (χ1v) is 13.5. The first-order chi connectivity index (χ1) is 18.3. The maximum Gasteiger partial charge on any atom is 0.409 e. The van der Waals surface area contributed by atoms with Crippen LogP contribution in [0.15, 0.2) is 40.5 Å². The third kappa shape index (κ3) is 4.91. The minimum atomic E-state index is -0.364. The number of nitrogens with zero attached hydrogens (tertiary/aromatic N) is 6. The molecule has 10 nitrogen and oxygen atoms in total. The molecule has 12 heteroatoms. The largest absolute Gasteiger partial charge is 0.450 e. The van der Waals surface area contributed by atoms with E-state index in [4.69, 9.17) is 21.4 Å². The number of benzene rings is 1. The molecular weight excluding hydrogens is 528 g/mol. The summed E-state index contributed by atoms with van der Waals surface area (Å²) in [4.78, 5) is 47.3. The lowest BCUT2D eigenvalue weighted by Gasteiger charge is -2.34. The summed E-state index contributed by atoms with van der Waals surface area (Å²) >= 11 is 7.49. The summed E-state index contributed by atoms with van der Waals surface area (Å²) in [5, 5.41) is 7.09. The van der Waals surface area contributed by atoms with Crippen LogP contribution in [0.5, 0.6) is 0 Å². The molecule has 0 spiro atoms. The number of amides is 2. The summed E-state index contributed by atoms with van der Waals surface area (Å²) < 4.78 is 8.29. The van der Waals surface area contributed by atoms with Gasteiger partial charge in [0.2, 0.25) is 5.91 Å². The van der Waals surface area contributed by atoms with Gasteiger partial charge >= 0.3 is 6.09 Å². The molecule has 0 radical (unpaired) electrons. The summed E-state index contributed by atoms with van der Waals surface area (Å²) in [6.07, 6.45) is -0.309. The molecule has 38 heavy (non-hydrogen) atoms. The van der Waals surface area contributed by atoms with Crippen molar-refractivity contribution in [3.05, 3.63) is 68.2 Å². The van der Waals surface area contributed by atoms with E-state index in [1.807, 2.05) is 31.2 Å². The van der Waals surface area contributed by atoms with Crippen LogP contribution >= 0.6 is 22.9 Å². The van der Waals surface area contributed by atoms with Crippen LogP contribution in [0.4, 0.5) is 4.79 Å². The Kier molecular flexibility index (Phi) is 7.22. The van der Waals surface area contributed by atoms with Crippen LogP contribution in [0, 0.1) is 13.8 Å². The molecule has 0 atom stereocenters. The number of carbonyl (C=O) groups is 2. The lowest BCUT2D eigenvalue weighted by Crippen LogP contribution is -2.51. The molecule has 2 amide bonds. The molecule has 1 fully saturated rings. The molecule has 1 aliphatic heterocycles. The van der Waals surface area contributed by atoms with Crippen molar-refractivity contribution in [2.45, 2.75) is 27.2 Å². The van der Waals surface area contributed by atoms with E-state index in [-0.39, 0.29) is 24.0 Å². The molecule has 3 aromatic heterocycles. The zero-order valence-corrected chi connectivity index (χ0v) is 22.9. The second kappa shape index (κ2) is 10.6. The topological polar surface area (TPSA) is 102 Å². The number of rotatable bonds is 5. The highest BCUT2D eigenvalue weighted by atomic mass is 35.5. The van der Waals surface area contributed by atoms with Gasteiger partial charge in [0, 0.05) is 48.0 Å². The normalized spacial score (nSPS) is 13.8. The minimum absolute atomic E-state index is 0.0550. The summed E-state index contributed by atoms with van der Waals surface area (Å²) in [6.45, 7) is 7.43. The summed E-state index contributed by atoms with van der Waals surface area (Å²) in [5.41, 5.74) is 3.41. The molecule has 0 N–H and O–H groups in total. The lowest BCUT2D eigenvalue weighted by molar-refractivity contribution is -0.132. The Bertz CT molecular complexity index is 1580. The average molecular weight is 555 g/mol. The first-order valence-electron chi connectivity index (χ1n) is 12.3. The Balaban J connectivity index is 1.42. The SMILES string of the molecule is CCOC(=O)N1CCN(C(=O)Cc2csc3nc(C)c(-c4cc(C)n(-c5cccc(Cl)c5)n4)c(=O)n23)CC1. The van der Waals surface area contributed by atoms with Gasteiger partial charge in [-0.25, -0.2) is 14.5 Å². The zero-order chi connectivity index (χ0) is 27.0. The Morgan fingerprint density at radius 3 is 2.55 bits per heavy atom. The van der Waals surface area contributed by atoms with Gasteiger partial charge in [0.15, 0.2) is 4.96 Å². The zero-order valence-electron chi connectivity index (χ0n) is 21.3. The van der Waals surface area contributed by atoms with Crippen molar-refractivity contribution in [1.29, 1.82) is 0 Å². The summed E-state index contributed by atoms with van der Waals surface area (Å²) in [6, 6.07) is 9.18. The molecule has 0 aliphatic carbocycles. The number of aromatic nitrogens is 4. The van der Waals surface area contributed by atoms with E-state index in [9.17, 15) is 14.4 Å². The van der Waals surface area contributed by atoms with Gasteiger partial charge in [0.1, 0.15) is 5.69 Å². The van der Waals surface area contributed by atoms with Gasteiger partial charge in [0.25, 0.3) is 5.56 Å². The molecule has 198 valence electrons. The van der Waals surface area contributed by atoms with Gasteiger partial charge in [-0.2, -0.15) is 5.10 Å². The second-order valence-corrected chi connectivity index (χ2v) is 10.3. The van der Waals surface area contributed by atoms with Crippen molar-refractivity contribution in [2.24, 2.45) is 0 Å². The Morgan fingerprint density at radius 1 is 1.11 bits per heavy atom. The highest BCUT2D eigenvalue weighted by Crippen LogP contribution is 2.24. The number of fused-ring (bicyclic) bond motifs is 1. The highest BCUT2D eigenvalue weighted by molar-refractivity contribution is 7.15. The number of aryl methyl sites for hydroxylation is 2. The number of hydrogen-bond acceptors (Lipinski definition) is 7. The predicted molar refractivity (Wildman–Crippen MR) is 145 cm³/mol. The molecule has 1 aromatic carbocycles.